The lowest BCUT2D eigenvalue weighted by Gasteiger charge is -2.27. The lowest BCUT2D eigenvalue weighted by Crippen LogP contribution is -2.36. The molecule has 1 aromatic rings. The molecule has 1 aliphatic rings. The number of carbonyl (C=O) groups excluding carboxylic acids is 1. The largest absolute Gasteiger partial charge is 0.461 e. The van der Waals surface area contributed by atoms with E-state index in [9.17, 15) is 9.90 Å². The standard InChI is InChI=1S/C13H20N2O4S/c1-4-19-11(16)9-10(15-5-7-18-8-6-15)20-12(14-9)13(2,3)17/h17H,4-8H2,1-3H3. The van der Waals surface area contributed by atoms with E-state index in [2.05, 4.69) is 9.88 Å². The zero-order chi connectivity index (χ0) is 14.8. The number of ether oxygens (including phenoxy) is 2. The van der Waals surface area contributed by atoms with Crippen LogP contribution in [0.1, 0.15) is 36.3 Å². The van der Waals surface area contributed by atoms with Crippen molar-refractivity contribution in [2.45, 2.75) is 26.4 Å². The minimum absolute atomic E-state index is 0.288. The maximum absolute atomic E-state index is 12.0. The Balaban J connectivity index is 2.36. The average Bonchev–Trinajstić information content (AvgIpc) is 2.85. The molecule has 0 radical (unpaired) electrons. The number of hydrogen-bond acceptors (Lipinski definition) is 7. The van der Waals surface area contributed by atoms with Crippen LogP contribution in [0.25, 0.3) is 0 Å². The molecule has 20 heavy (non-hydrogen) atoms. The summed E-state index contributed by atoms with van der Waals surface area (Å²) in [5, 5.41) is 11.4. The van der Waals surface area contributed by atoms with Crippen LogP contribution in [0.3, 0.4) is 0 Å². The van der Waals surface area contributed by atoms with E-state index in [-0.39, 0.29) is 5.69 Å². The van der Waals surface area contributed by atoms with Crippen LogP contribution >= 0.6 is 11.3 Å². The van der Waals surface area contributed by atoms with Gasteiger partial charge in [0.2, 0.25) is 0 Å². The SMILES string of the molecule is CCOC(=O)c1nc(C(C)(C)O)sc1N1CCOCC1. The normalized spacial score (nSPS) is 16.3. The topological polar surface area (TPSA) is 71.9 Å². The molecule has 1 aromatic heterocycles. The molecule has 1 fully saturated rings. The van der Waals surface area contributed by atoms with Crippen LogP contribution in [0.15, 0.2) is 0 Å². The summed E-state index contributed by atoms with van der Waals surface area (Å²) in [5.74, 6) is -0.444. The Morgan fingerprint density at radius 1 is 1.50 bits per heavy atom. The van der Waals surface area contributed by atoms with Gasteiger partial charge in [-0.3, -0.25) is 0 Å². The quantitative estimate of drug-likeness (QED) is 0.847. The lowest BCUT2D eigenvalue weighted by molar-refractivity contribution is 0.0516. The molecule has 0 aliphatic carbocycles. The van der Waals surface area contributed by atoms with E-state index < -0.39 is 11.6 Å². The molecule has 0 amide bonds. The van der Waals surface area contributed by atoms with Gasteiger partial charge < -0.3 is 19.5 Å². The van der Waals surface area contributed by atoms with E-state index in [4.69, 9.17) is 9.47 Å². The molecule has 112 valence electrons. The summed E-state index contributed by atoms with van der Waals surface area (Å²) < 4.78 is 10.4. The molecule has 7 heteroatoms. The number of rotatable bonds is 4. The Bertz CT molecular complexity index is 475. The Labute approximate surface area is 122 Å². The molecule has 0 saturated carbocycles. The van der Waals surface area contributed by atoms with Gasteiger partial charge in [-0.15, -0.1) is 0 Å². The first kappa shape index (κ1) is 15.2. The Hall–Kier alpha value is -1.18. The third-order valence-corrected chi connectivity index (χ3v) is 4.33. The first-order chi connectivity index (χ1) is 9.43. The van der Waals surface area contributed by atoms with E-state index in [1.165, 1.54) is 11.3 Å². The smallest absolute Gasteiger partial charge is 0.360 e. The van der Waals surface area contributed by atoms with Gasteiger partial charge in [0.15, 0.2) is 5.69 Å². The zero-order valence-corrected chi connectivity index (χ0v) is 12.8. The molecule has 0 atom stereocenters. The Morgan fingerprint density at radius 2 is 2.15 bits per heavy atom. The van der Waals surface area contributed by atoms with Crippen LogP contribution in [0.2, 0.25) is 0 Å². The number of hydrogen-bond donors (Lipinski definition) is 1. The summed E-state index contributed by atoms with van der Waals surface area (Å²) in [6.07, 6.45) is 0. The number of morpholine rings is 1. The minimum Gasteiger partial charge on any atom is -0.461 e. The zero-order valence-electron chi connectivity index (χ0n) is 12.0. The first-order valence-electron chi connectivity index (χ1n) is 6.67. The second-order valence-corrected chi connectivity index (χ2v) is 6.03. The Kier molecular flexibility index (Phi) is 4.62. The average molecular weight is 300 g/mol. The van der Waals surface area contributed by atoms with Crippen molar-refractivity contribution in [3.05, 3.63) is 10.7 Å². The van der Waals surface area contributed by atoms with Crippen LogP contribution in [0.5, 0.6) is 0 Å². The highest BCUT2D eigenvalue weighted by Crippen LogP contribution is 2.35. The van der Waals surface area contributed by atoms with Crippen LogP contribution in [0.4, 0.5) is 5.00 Å². The summed E-state index contributed by atoms with van der Waals surface area (Å²) in [6.45, 7) is 8.04. The van der Waals surface area contributed by atoms with Crippen molar-refractivity contribution in [3.63, 3.8) is 0 Å². The Morgan fingerprint density at radius 3 is 2.70 bits per heavy atom. The summed E-state index contributed by atoms with van der Waals surface area (Å²) in [4.78, 5) is 18.4. The summed E-state index contributed by atoms with van der Waals surface area (Å²) in [5.41, 5.74) is -0.785. The van der Waals surface area contributed by atoms with Crippen molar-refractivity contribution in [2.24, 2.45) is 0 Å². The fraction of sp³-hybridized carbons (Fsp3) is 0.692. The summed E-state index contributed by atoms with van der Waals surface area (Å²) in [7, 11) is 0. The number of aliphatic hydroxyl groups is 1. The van der Waals surface area contributed by atoms with Crippen molar-refractivity contribution < 1.29 is 19.4 Å². The van der Waals surface area contributed by atoms with Crippen molar-refractivity contribution in [1.82, 2.24) is 4.98 Å². The van der Waals surface area contributed by atoms with Gasteiger partial charge in [0.25, 0.3) is 0 Å². The molecule has 1 aliphatic heterocycles. The molecule has 0 unspecified atom stereocenters. The maximum Gasteiger partial charge on any atom is 0.360 e. The van der Waals surface area contributed by atoms with Gasteiger partial charge >= 0.3 is 5.97 Å². The predicted molar refractivity (Wildman–Crippen MR) is 76.3 cm³/mol. The van der Waals surface area contributed by atoms with Crippen LogP contribution in [0, 0.1) is 0 Å². The molecule has 2 heterocycles. The van der Waals surface area contributed by atoms with Crippen molar-refractivity contribution in [3.8, 4) is 0 Å². The second kappa shape index (κ2) is 6.07. The minimum atomic E-state index is -1.07. The number of thiazole rings is 1. The monoisotopic (exact) mass is 300 g/mol. The van der Waals surface area contributed by atoms with Crippen LogP contribution in [-0.2, 0) is 15.1 Å². The molecule has 0 bridgehead atoms. The van der Waals surface area contributed by atoms with Crippen molar-refractivity contribution in [2.75, 3.05) is 37.8 Å². The molecule has 1 saturated heterocycles. The summed E-state index contributed by atoms with van der Waals surface area (Å²) in [6, 6.07) is 0. The van der Waals surface area contributed by atoms with Gasteiger partial charge in [-0.05, 0) is 20.8 Å². The van der Waals surface area contributed by atoms with Gasteiger partial charge in [-0.25, -0.2) is 9.78 Å². The number of esters is 1. The molecule has 2 rings (SSSR count). The van der Waals surface area contributed by atoms with Crippen LogP contribution in [-0.4, -0.2) is 49.0 Å². The van der Waals surface area contributed by atoms with Gasteiger partial charge in [0.1, 0.15) is 15.6 Å². The third-order valence-electron chi connectivity index (χ3n) is 2.90. The number of nitrogens with zero attached hydrogens (tertiary/aromatic N) is 2. The number of anilines is 1. The van der Waals surface area contributed by atoms with E-state index >= 15 is 0 Å². The summed E-state index contributed by atoms with van der Waals surface area (Å²) >= 11 is 1.34. The number of carbonyl (C=O) groups is 1. The number of aromatic nitrogens is 1. The second-order valence-electron chi connectivity index (χ2n) is 5.05. The first-order valence-corrected chi connectivity index (χ1v) is 7.48. The molecule has 1 N–H and O–H groups in total. The van der Waals surface area contributed by atoms with Gasteiger partial charge in [-0.2, -0.15) is 0 Å². The highest BCUT2D eigenvalue weighted by Gasteiger charge is 2.30. The highest BCUT2D eigenvalue weighted by atomic mass is 32.1. The molecular weight excluding hydrogens is 280 g/mol. The molecule has 6 nitrogen and oxygen atoms in total. The van der Waals surface area contributed by atoms with Gasteiger partial charge in [0.05, 0.1) is 19.8 Å². The van der Waals surface area contributed by atoms with Gasteiger partial charge in [0, 0.05) is 13.1 Å². The van der Waals surface area contributed by atoms with Crippen LogP contribution < -0.4 is 4.90 Å². The molecular formula is C13H20N2O4S. The van der Waals surface area contributed by atoms with E-state index in [1.807, 2.05) is 0 Å². The third kappa shape index (κ3) is 3.28. The lowest BCUT2D eigenvalue weighted by atomic mass is 10.1. The molecule has 0 spiro atoms. The van der Waals surface area contributed by atoms with E-state index in [0.29, 0.717) is 37.9 Å². The fourth-order valence-corrected chi connectivity index (χ4v) is 2.99. The fourth-order valence-electron chi connectivity index (χ4n) is 1.89. The van der Waals surface area contributed by atoms with Gasteiger partial charge in [-0.1, -0.05) is 11.3 Å². The molecule has 0 aromatic carbocycles. The van der Waals surface area contributed by atoms with Crippen molar-refractivity contribution >= 4 is 22.3 Å². The highest BCUT2D eigenvalue weighted by molar-refractivity contribution is 7.16. The van der Waals surface area contributed by atoms with E-state index in [1.54, 1.807) is 20.8 Å². The predicted octanol–water partition coefficient (Wildman–Crippen LogP) is 1.38. The van der Waals surface area contributed by atoms with E-state index in [0.717, 1.165) is 5.00 Å². The van der Waals surface area contributed by atoms with Crippen molar-refractivity contribution in [1.29, 1.82) is 0 Å². The maximum atomic E-state index is 12.0.